The number of hydrogen-bond donors (Lipinski definition) is 1. The van der Waals surface area contributed by atoms with Gasteiger partial charge in [0, 0.05) is 24.3 Å². The summed E-state index contributed by atoms with van der Waals surface area (Å²) in [5.41, 5.74) is 8.40. The molecule has 0 atom stereocenters. The Hall–Kier alpha value is -1.72. The van der Waals surface area contributed by atoms with E-state index in [1.807, 2.05) is 41.1 Å². The summed E-state index contributed by atoms with van der Waals surface area (Å²) in [6, 6.07) is 7.40. The zero-order chi connectivity index (χ0) is 13.2. The van der Waals surface area contributed by atoms with Crippen molar-refractivity contribution in [2.24, 2.45) is 0 Å². The molecule has 0 aliphatic rings. The minimum Gasteiger partial charge on any atom is -0.397 e. The molecule has 0 aromatic carbocycles. The fraction of sp³-hybridized carbons (Fsp3) is 0.0769. The number of hydrogen-bond acceptors (Lipinski definition) is 4. The van der Waals surface area contributed by atoms with Crippen molar-refractivity contribution in [2.45, 2.75) is 10.8 Å². The lowest BCUT2D eigenvalue weighted by atomic mass is 10.4. The molecule has 3 heterocycles. The van der Waals surface area contributed by atoms with E-state index in [1.54, 1.807) is 18.0 Å². The number of imidazole rings is 1. The van der Waals surface area contributed by atoms with Gasteiger partial charge in [-0.3, -0.25) is 0 Å². The van der Waals surface area contributed by atoms with Crippen LogP contribution < -0.4 is 5.73 Å². The van der Waals surface area contributed by atoms with Crippen molar-refractivity contribution in [3.05, 3.63) is 53.6 Å². The first kappa shape index (κ1) is 12.3. The van der Waals surface area contributed by atoms with Crippen molar-refractivity contribution >= 4 is 34.7 Å². The summed E-state index contributed by atoms with van der Waals surface area (Å²) in [6.07, 6.45) is 5.54. The Bertz CT molecular complexity index is 725. The number of anilines is 1. The van der Waals surface area contributed by atoms with Crippen LogP contribution in [0, 0.1) is 0 Å². The molecule has 0 bridgehead atoms. The van der Waals surface area contributed by atoms with E-state index in [2.05, 4.69) is 9.97 Å². The molecule has 3 rings (SSSR count). The minimum absolute atomic E-state index is 0.693. The third-order valence-corrected chi connectivity index (χ3v) is 3.90. The summed E-state index contributed by atoms with van der Waals surface area (Å²) in [5.74, 6) is 0.723. The molecular formula is C13H11ClN4S. The number of pyridine rings is 2. The van der Waals surface area contributed by atoms with Crippen molar-refractivity contribution in [3.8, 4) is 0 Å². The molecule has 4 nitrogen and oxygen atoms in total. The smallest absolute Gasteiger partial charge is 0.137 e. The Balaban J connectivity index is 1.80. The van der Waals surface area contributed by atoms with E-state index >= 15 is 0 Å². The van der Waals surface area contributed by atoms with Gasteiger partial charge >= 0.3 is 0 Å². The van der Waals surface area contributed by atoms with Gasteiger partial charge < -0.3 is 10.1 Å². The summed E-state index contributed by atoms with van der Waals surface area (Å²) in [5, 5.41) is 1.52. The molecule has 0 fully saturated rings. The molecule has 0 saturated heterocycles. The van der Waals surface area contributed by atoms with Crippen LogP contribution in [0.15, 0.2) is 47.9 Å². The Labute approximate surface area is 119 Å². The van der Waals surface area contributed by atoms with Gasteiger partial charge in [0.2, 0.25) is 0 Å². The molecule has 96 valence electrons. The van der Waals surface area contributed by atoms with Gasteiger partial charge in [-0.05, 0) is 24.3 Å². The second-order valence-electron chi connectivity index (χ2n) is 4.03. The number of halogens is 1. The minimum atomic E-state index is 0.693. The van der Waals surface area contributed by atoms with Crippen molar-refractivity contribution in [3.63, 3.8) is 0 Å². The van der Waals surface area contributed by atoms with Crippen LogP contribution in [0.3, 0.4) is 0 Å². The first-order valence-electron chi connectivity index (χ1n) is 5.69. The van der Waals surface area contributed by atoms with Crippen LogP contribution in [0.1, 0.15) is 5.69 Å². The van der Waals surface area contributed by atoms with Gasteiger partial charge in [-0.25, -0.2) is 9.97 Å². The monoisotopic (exact) mass is 290 g/mol. The zero-order valence-corrected chi connectivity index (χ0v) is 11.5. The van der Waals surface area contributed by atoms with E-state index in [1.165, 1.54) is 0 Å². The van der Waals surface area contributed by atoms with Crippen LogP contribution in [0.5, 0.6) is 0 Å². The van der Waals surface area contributed by atoms with E-state index < -0.39 is 0 Å². The first-order valence-corrected chi connectivity index (χ1v) is 7.05. The number of thioether (sulfide) groups is 1. The average Bonchev–Trinajstić information content (AvgIpc) is 2.79. The lowest BCUT2D eigenvalue weighted by Gasteiger charge is -2.01. The van der Waals surface area contributed by atoms with Gasteiger partial charge in [0.05, 0.1) is 16.4 Å². The Kier molecular flexibility index (Phi) is 3.31. The molecule has 0 unspecified atom stereocenters. The van der Waals surface area contributed by atoms with Crippen molar-refractivity contribution in [1.82, 2.24) is 14.4 Å². The van der Waals surface area contributed by atoms with Crippen LogP contribution in [-0.2, 0) is 5.75 Å². The van der Waals surface area contributed by atoms with E-state index in [9.17, 15) is 0 Å². The maximum absolute atomic E-state index is 5.94. The van der Waals surface area contributed by atoms with Gasteiger partial charge in [0.25, 0.3) is 0 Å². The van der Waals surface area contributed by atoms with Crippen LogP contribution in [-0.4, -0.2) is 14.4 Å². The maximum Gasteiger partial charge on any atom is 0.137 e. The highest BCUT2D eigenvalue weighted by molar-refractivity contribution is 7.98. The van der Waals surface area contributed by atoms with Crippen LogP contribution in [0.4, 0.5) is 5.69 Å². The largest absolute Gasteiger partial charge is 0.397 e. The first-order chi connectivity index (χ1) is 9.22. The molecule has 0 aliphatic carbocycles. The van der Waals surface area contributed by atoms with Gasteiger partial charge in [-0.2, -0.15) is 0 Å². The SMILES string of the molecule is Nc1cccnc1SCc1cn2cc(Cl)ccc2n1. The molecule has 19 heavy (non-hydrogen) atoms. The highest BCUT2D eigenvalue weighted by Crippen LogP contribution is 2.25. The number of nitrogens with two attached hydrogens (primary N) is 1. The number of aromatic nitrogens is 3. The topological polar surface area (TPSA) is 56.2 Å². The number of fused-ring (bicyclic) bond motifs is 1. The normalized spacial score (nSPS) is 11.0. The molecule has 0 aliphatic heterocycles. The average molecular weight is 291 g/mol. The Morgan fingerprint density at radius 1 is 1.26 bits per heavy atom. The van der Waals surface area contributed by atoms with Crippen LogP contribution >= 0.6 is 23.4 Å². The standard InChI is InChI=1S/C13H11ClN4S/c14-9-3-4-12-17-10(7-18(12)6-9)8-19-13-11(15)2-1-5-16-13/h1-7H,8,15H2. The number of nitrogen functional groups attached to an aromatic ring is 1. The lowest BCUT2D eigenvalue weighted by Crippen LogP contribution is -1.91. The van der Waals surface area contributed by atoms with E-state index in [4.69, 9.17) is 17.3 Å². The third-order valence-electron chi connectivity index (χ3n) is 2.62. The zero-order valence-electron chi connectivity index (χ0n) is 9.95. The summed E-state index contributed by atoms with van der Waals surface area (Å²) in [4.78, 5) is 8.76. The van der Waals surface area contributed by atoms with E-state index in [0.717, 1.165) is 22.1 Å². The maximum atomic E-state index is 5.94. The highest BCUT2D eigenvalue weighted by atomic mass is 35.5. The third kappa shape index (κ3) is 2.67. The summed E-state index contributed by atoms with van der Waals surface area (Å²) < 4.78 is 1.92. The Morgan fingerprint density at radius 2 is 2.16 bits per heavy atom. The fourth-order valence-electron chi connectivity index (χ4n) is 1.75. The predicted molar refractivity (Wildman–Crippen MR) is 78.4 cm³/mol. The van der Waals surface area contributed by atoms with E-state index in [0.29, 0.717) is 10.7 Å². The molecule has 6 heteroatoms. The second-order valence-corrected chi connectivity index (χ2v) is 5.43. The molecule has 0 radical (unpaired) electrons. The number of nitrogens with zero attached hydrogens (tertiary/aromatic N) is 3. The van der Waals surface area contributed by atoms with Crippen molar-refractivity contribution < 1.29 is 0 Å². The van der Waals surface area contributed by atoms with E-state index in [-0.39, 0.29) is 0 Å². The summed E-state index contributed by atoms with van der Waals surface area (Å²) in [6.45, 7) is 0. The van der Waals surface area contributed by atoms with Crippen LogP contribution in [0.2, 0.25) is 5.02 Å². The Morgan fingerprint density at radius 3 is 3.00 bits per heavy atom. The van der Waals surface area contributed by atoms with Crippen LogP contribution in [0.25, 0.3) is 5.65 Å². The molecule has 0 spiro atoms. The summed E-state index contributed by atoms with van der Waals surface area (Å²) >= 11 is 7.52. The fourth-order valence-corrected chi connectivity index (χ4v) is 2.71. The molecule has 0 saturated carbocycles. The molecular weight excluding hydrogens is 280 g/mol. The quantitative estimate of drug-likeness (QED) is 0.752. The molecule has 3 aromatic rings. The van der Waals surface area contributed by atoms with Crippen molar-refractivity contribution in [2.75, 3.05) is 5.73 Å². The van der Waals surface area contributed by atoms with Gasteiger partial charge in [0.1, 0.15) is 10.7 Å². The number of rotatable bonds is 3. The highest BCUT2D eigenvalue weighted by Gasteiger charge is 2.05. The van der Waals surface area contributed by atoms with Gasteiger partial charge in [-0.15, -0.1) is 0 Å². The molecule has 3 aromatic heterocycles. The van der Waals surface area contributed by atoms with Crippen molar-refractivity contribution in [1.29, 1.82) is 0 Å². The second kappa shape index (κ2) is 5.11. The van der Waals surface area contributed by atoms with Gasteiger partial charge in [-0.1, -0.05) is 23.4 Å². The van der Waals surface area contributed by atoms with Gasteiger partial charge in [0.15, 0.2) is 0 Å². The lowest BCUT2D eigenvalue weighted by molar-refractivity contribution is 1.13. The molecule has 2 N–H and O–H groups in total. The molecule has 0 amide bonds. The predicted octanol–water partition coefficient (Wildman–Crippen LogP) is 3.26. The summed E-state index contributed by atoms with van der Waals surface area (Å²) in [7, 11) is 0.